The largest absolute Gasteiger partial charge is 0.350 e. The van der Waals surface area contributed by atoms with Gasteiger partial charge in [0, 0.05) is 17.8 Å². The quantitative estimate of drug-likeness (QED) is 0.803. The second-order valence-electron chi connectivity index (χ2n) is 3.91. The van der Waals surface area contributed by atoms with E-state index >= 15 is 0 Å². The Labute approximate surface area is 97.2 Å². The zero-order chi connectivity index (χ0) is 10.7. The molecule has 1 aromatic heterocycles. The molecule has 2 rings (SSSR count). The molecule has 0 spiro atoms. The smallest absolute Gasteiger partial charge is 0.272 e. The van der Waals surface area contributed by atoms with E-state index < -0.39 is 0 Å². The lowest BCUT2D eigenvalue weighted by Crippen LogP contribution is -2.30. The second kappa shape index (κ2) is 4.45. The maximum Gasteiger partial charge on any atom is 0.272 e. The highest BCUT2D eigenvalue weighted by molar-refractivity contribution is 7.03. The average Bonchev–Trinajstić information content (AvgIpc) is 2.81. The standard InChI is InChI=1S/C9H12ClN3OS/c10-4-3-9(1-2-9)6-11-8(14)7-5-15-13-12-7/h5H,1-4,6H2,(H,11,14). The first-order valence-electron chi connectivity index (χ1n) is 4.87. The van der Waals surface area contributed by atoms with Gasteiger partial charge in [0.25, 0.3) is 5.91 Å². The van der Waals surface area contributed by atoms with Crippen molar-refractivity contribution >= 4 is 29.0 Å². The maximum absolute atomic E-state index is 11.5. The van der Waals surface area contributed by atoms with E-state index in [1.165, 1.54) is 11.5 Å². The third kappa shape index (κ3) is 2.66. The topological polar surface area (TPSA) is 54.9 Å². The minimum Gasteiger partial charge on any atom is -0.350 e. The maximum atomic E-state index is 11.5. The van der Waals surface area contributed by atoms with Crippen molar-refractivity contribution in [2.24, 2.45) is 5.41 Å². The molecule has 1 heterocycles. The van der Waals surface area contributed by atoms with Gasteiger partial charge in [0.1, 0.15) is 0 Å². The van der Waals surface area contributed by atoms with Crippen molar-refractivity contribution in [1.29, 1.82) is 0 Å². The van der Waals surface area contributed by atoms with Crippen LogP contribution in [0.15, 0.2) is 5.38 Å². The minimum atomic E-state index is -0.135. The molecule has 15 heavy (non-hydrogen) atoms. The lowest BCUT2D eigenvalue weighted by molar-refractivity contribution is 0.0939. The van der Waals surface area contributed by atoms with Crippen LogP contribution in [0.25, 0.3) is 0 Å². The number of carbonyl (C=O) groups excluding carboxylic acids is 1. The predicted molar refractivity (Wildman–Crippen MR) is 59.2 cm³/mol. The van der Waals surface area contributed by atoms with Crippen molar-refractivity contribution in [3.8, 4) is 0 Å². The van der Waals surface area contributed by atoms with Crippen molar-refractivity contribution < 1.29 is 4.79 Å². The fourth-order valence-electron chi connectivity index (χ4n) is 1.51. The van der Waals surface area contributed by atoms with Crippen molar-refractivity contribution in [3.05, 3.63) is 11.1 Å². The number of hydrogen-bond acceptors (Lipinski definition) is 4. The Morgan fingerprint density at radius 2 is 2.47 bits per heavy atom. The molecule has 1 N–H and O–H groups in total. The van der Waals surface area contributed by atoms with Gasteiger partial charge in [-0.05, 0) is 36.2 Å². The Bertz CT molecular complexity index is 337. The Balaban J connectivity index is 1.81. The van der Waals surface area contributed by atoms with E-state index in [9.17, 15) is 4.79 Å². The first-order chi connectivity index (χ1) is 7.26. The average molecular weight is 246 g/mol. The fraction of sp³-hybridized carbons (Fsp3) is 0.667. The van der Waals surface area contributed by atoms with Gasteiger partial charge in [0.15, 0.2) is 5.69 Å². The van der Waals surface area contributed by atoms with Crippen LogP contribution < -0.4 is 5.32 Å². The summed E-state index contributed by atoms with van der Waals surface area (Å²) in [6.45, 7) is 0.704. The van der Waals surface area contributed by atoms with Crippen molar-refractivity contribution in [3.63, 3.8) is 0 Å². The number of amides is 1. The summed E-state index contributed by atoms with van der Waals surface area (Å²) in [7, 11) is 0. The van der Waals surface area contributed by atoms with Crippen LogP contribution in [0.5, 0.6) is 0 Å². The van der Waals surface area contributed by atoms with E-state index in [0.29, 0.717) is 18.1 Å². The molecule has 1 amide bonds. The normalized spacial score (nSPS) is 17.4. The van der Waals surface area contributed by atoms with Gasteiger partial charge >= 0.3 is 0 Å². The van der Waals surface area contributed by atoms with E-state index in [1.54, 1.807) is 5.38 Å². The van der Waals surface area contributed by atoms with Gasteiger partial charge in [-0.25, -0.2) is 0 Å². The van der Waals surface area contributed by atoms with Gasteiger partial charge < -0.3 is 5.32 Å². The number of nitrogens with one attached hydrogen (secondary N) is 1. The van der Waals surface area contributed by atoms with Crippen molar-refractivity contribution in [2.45, 2.75) is 19.3 Å². The number of rotatable bonds is 5. The first-order valence-corrected chi connectivity index (χ1v) is 6.24. The van der Waals surface area contributed by atoms with Crippen LogP contribution in [0.3, 0.4) is 0 Å². The molecular formula is C9H12ClN3OS. The summed E-state index contributed by atoms with van der Waals surface area (Å²) in [5.74, 6) is 0.526. The number of nitrogens with zero attached hydrogens (tertiary/aromatic N) is 2. The number of carbonyl (C=O) groups is 1. The van der Waals surface area contributed by atoms with Crippen LogP contribution in [-0.4, -0.2) is 27.9 Å². The summed E-state index contributed by atoms with van der Waals surface area (Å²) in [5.41, 5.74) is 0.669. The molecule has 1 fully saturated rings. The Morgan fingerprint density at radius 1 is 1.67 bits per heavy atom. The number of alkyl halides is 1. The number of aromatic nitrogens is 2. The molecule has 1 aliphatic rings. The highest BCUT2D eigenvalue weighted by Gasteiger charge is 2.41. The Morgan fingerprint density at radius 3 is 3.00 bits per heavy atom. The highest BCUT2D eigenvalue weighted by Crippen LogP contribution is 2.48. The zero-order valence-electron chi connectivity index (χ0n) is 8.20. The van der Waals surface area contributed by atoms with E-state index in [4.69, 9.17) is 11.6 Å². The van der Waals surface area contributed by atoms with E-state index in [-0.39, 0.29) is 11.3 Å². The fourth-order valence-corrected chi connectivity index (χ4v) is 2.35. The molecule has 0 unspecified atom stereocenters. The van der Waals surface area contributed by atoms with Gasteiger partial charge in [0.2, 0.25) is 0 Å². The van der Waals surface area contributed by atoms with Crippen LogP contribution in [0.2, 0.25) is 0 Å². The molecule has 0 radical (unpaired) electrons. The summed E-state index contributed by atoms with van der Waals surface area (Å²) >= 11 is 6.89. The van der Waals surface area contributed by atoms with Crippen LogP contribution in [0, 0.1) is 5.41 Å². The highest BCUT2D eigenvalue weighted by atomic mass is 35.5. The van der Waals surface area contributed by atoms with Gasteiger partial charge in [-0.15, -0.1) is 16.7 Å². The molecule has 0 atom stereocenters. The third-order valence-electron chi connectivity index (χ3n) is 2.80. The third-order valence-corrected chi connectivity index (χ3v) is 3.49. The summed E-state index contributed by atoms with van der Waals surface area (Å²) in [6.07, 6.45) is 3.30. The van der Waals surface area contributed by atoms with E-state index in [2.05, 4.69) is 14.9 Å². The molecular weight excluding hydrogens is 234 g/mol. The minimum absolute atomic E-state index is 0.135. The lowest BCUT2D eigenvalue weighted by atomic mass is 10.0. The summed E-state index contributed by atoms with van der Waals surface area (Å²) in [6, 6.07) is 0. The molecule has 0 aromatic carbocycles. The molecule has 0 saturated heterocycles. The SMILES string of the molecule is O=C(NCC1(CCCl)CC1)c1csnn1. The second-order valence-corrected chi connectivity index (χ2v) is 4.90. The molecule has 1 aliphatic carbocycles. The first kappa shape index (κ1) is 10.8. The van der Waals surface area contributed by atoms with Crippen LogP contribution in [-0.2, 0) is 0 Å². The monoisotopic (exact) mass is 245 g/mol. The zero-order valence-corrected chi connectivity index (χ0v) is 9.77. The Hall–Kier alpha value is -0.680. The van der Waals surface area contributed by atoms with Crippen molar-refractivity contribution in [2.75, 3.05) is 12.4 Å². The van der Waals surface area contributed by atoms with E-state index in [0.717, 1.165) is 19.3 Å². The summed E-state index contributed by atoms with van der Waals surface area (Å²) in [5, 5.41) is 8.24. The Kier molecular flexibility index (Phi) is 3.21. The number of hydrogen-bond donors (Lipinski definition) is 1. The van der Waals surface area contributed by atoms with Crippen LogP contribution in [0.4, 0.5) is 0 Å². The number of halogens is 1. The molecule has 0 bridgehead atoms. The van der Waals surface area contributed by atoms with Gasteiger partial charge in [-0.3, -0.25) is 4.79 Å². The molecule has 0 aliphatic heterocycles. The molecule has 1 saturated carbocycles. The molecule has 6 heteroatoms. The summed E-state index contributed by atoms with van der Waals surface area (Å²) < 4.78 is 3.65. The molecule has 82 valence electrons. The van der Waals surface area contributed by atoms with E-state index in [1.807, 2.05) is 0 Å². The molecule has 4 nitrogen and oxygen atoms in total. The van der Waals surface area contributed by atoms with Gasteiger partial charge in [0.05, 0.1) is 0 Å². The summed E-state index contributed by atoms with van der Waals surface area (Å²) in [4.78, 5) is 11.5. The predicted octanol–water partition coefficient (Wildman–Crippen LogP) is 1.68. The van der Waals surface area contributed by atoms with Crippen LogP contribution >= 0.6 is 23.1 Å². The van der Waals surface area contributed by atoms with Crippen molar-refractivity contribution in [1.82, 2.24) is 14.9 Å². The van der Waals surface area contributed by atoms with Gasteiger partial charge in [-0.1, -0.05) is 4.49 Å². The van der Waals surface area contributed by atoms with Crippen LogP contribution in [0.1, 0.15) is 29.8 Å². The molecule has 1 aromatic rings. The lowest BCUT2D eigenvalue weighted by Gasteiger charge is -2.13. The van der Waals surface area contributed by atoms with Gasteiger partial charge in [-0.2, -0.15) is 0 Å².